The Morgan fingerprint density at radius 3 is 2.83 bits per heavy atom. The van der Waals surface area contributed by atoms with Gasteiger partial charge in [0.2, 0.25) is 0 Å². The van der Waals surface area contributed by atoms with Crippen LogP contribution in [0.1, 0.15) is 23.4 Å². The number of benzene rings is 2. The lowest BCUT2D eigenvalue weighted by Crippen LogP contribution is -2.11. The van der Waals surface area contributed by atoms with Gasteiger partial charge in [-0.3, -0.25) is 9.48 Å². The van der Waals surface area contributed by atoms with Crippen LogP contribution in [0, 0.1) is 6.92 Å². The molecule has 30 heavy (non-hydrogen) atoms. The van der Waals surface area contributed by atoms with Crippen molar-refractivity contribution in [2.75, 3.05) is 6.61 Å². The minimum absolute atomic E-state index is 0.0696. The third-order valence-electron chi connectivity index (χ3n) is 5.06. The molecule has 0 fully saturated rings. The lowest BCUT2D eigenvalue weighted by molar-refractivity contribution is -0.136. The summed E-state index contributed by atoms with van der Waals surface area (Å²) in [6, 6.07) is 15.9. The maximum absolute atomic E-state index is 11.0. The highest BCUT2D eigenvalue weighted by atomic mass is 16.5. The molecule has 0 aliphatic rings. The molecule has 0 bridgehead atoms. The Kier molecular flexibility index (Phi) is 5.79. The van der Waals surface area contributed by atoms with Crippen LogP contribution in [0.25, 0.3) is 11.0 Å². The zero-order valence-corrected chi connectivity index (χ0v) is 16.9. The summed E-state index contributed by atoms with van der Waals surface area (Å²) in [6.07, 6.45) is 4.15. The van der Waals surface area contributed by atoms with E-state index in [1.165, 1.54) is 0 Å². The molecule has 2 heterocycles. The number of carboxylic acid groups (broad SMARTS) is 1. The lowest BCUT2D eigenvalue weighted by Gasteiger charge is -2.14. The van der Waals surface area contributed by atoms with Gasteiger partial charge >= 0.3 is 5.97 Å². The van der Waals surface area contributed by atoms with Crippen molar-refractivity contribution in [3.8, 4) is 5.75 Å². The predicted octanol–water partition coefficient (Wildman–Crippen LogP) is 3.69. The second kappa shape index (κ2) is 8.82. The van der Waals surface area contributed by atoms with Crippen molar-refractivity contribution >= 4 is 17.0 Å². The van der Waals surface area contributed by atoms with Crippen LogP contribution in [0.4, 0.5) is 0 Å². The van der Waals surface area contributed by atoms with Crippen molar-refractivity contribution in [3.05, 3.63) is 77.9 Å². The van der Waals surface area contributed by atoms with E-state index >= 15 is 0 Å². The molecule has 0 spiro atoms. The number of ether oxygens (including phenoxy) is 1. The van der Waals surface area contributed by atoms with E-state index in [-0.39, 0.29) is 6.42 Å². The third-order valence-corrected chi connectivity index (χ3v) is 5.06. The number of aliphatic carboxylic acids is 1. The molecule has 154 valence electrons. The van der Waals surface area contributed by atoms with Gasteiger partial charge in [-0.25, -0.2) is 4.98 Å². The summed E-state index contributed by atoms with van der Waals surface area (Å²) >= 11 is 0. The smallest absolute Gasteiger partial charge is 0.303 e. The van der Waals surface area contributed by atoms with Crippen LogP contribution < -0.4 is 4.74 Å². The van der Waals surface area contributed by atoms with Gasteiger partial charge < -0.3 is 14.4 Å². The molecule has 0 aliphatic carbocycles. The molecule has 0 saturated heterocycles. The van der Waals surface area contributed by atoms with E-state index in [0.717, 1.165) is 33.7 Å². The first-order valence-corrected chi connectivity index (χ1v) is 9.96. The Labute approximate surface area is 174 Å². The minimum Gasteiger partial charge on any atom is -0.491 e. The zero-order chi connectivity index (χ0) is 20.9. The normalized spacial score (nSPS) is 11.1. The number of para-hydroxylation sites is 2. The van der Waals surface area contributed by atoms with Gasteiger partial charge in [0.25, 0.3) is 0 Å². The van der Waals surface area contributed by atoms with Gasteiger partial charge in [-0.2, -0.15) is 5.10 Å². The Morgan fingerprint density at radius 2 is 2.03 bits per heavy atom. The van der Waals surface area contributed by atoms with E-state index in [4.69, 9.17) is 9.84 Å². The van der Waals surface area contributed by atoms with Crippen molar-refractivity contribution in [1.82, 2.24) is 19.3 Å². The molecule has 0 unspecified atom stereocenters. The number of imidazole rings is 1. The predicted molar refractivity (Wildman–Crippen MR) is 114 cm³/mol. The van der Waals surface area contributed by atoms with Crippen LogP contribution in [0.15, 0.2) is 60.9 Å². The number of carbonyl (C=O) groups is 1. The fourth-order valence-electron chi connectivity index (χ4n) is 3.59. The molecule has 4 aromatic rings. The highest BCUT2D eigenvalue weighted by Gasteiger charge is 2.10. The standard InChI is InChI=1S/C23H24N4O3/c1-17-25-20-5-2-3-6-21(20)27(17)13-14-30-22-15-18(16-26-12-4-11-24-26)7-8-19(22)9-10-23(28)29/h2-8,11-12,15H,9-10,13-14,16H2,1H3,(H,28,29). The molecule has 0 amide bonds. The summed E-state index contributed by atoms with van der Waals surface area (Å²) in [7, 11) is 0. The van der Waals surface area contributed by atoms with Crippen molar-refractivity contribution in [2.24, 2.45) is 0 Å². The van der Waals surface area contributed by atoms with Gasteiger partial charge in [0.15, 0.2) is 0 Å². The highest BCUT2D eigenvalue weighted by Crippen LogP contribution is 2.23. The number of nitrogens with zero attached hydrogens (tertiary/aromatic N) is 4. The highest BCUT2D eigenvalue weighted by molar-refractivity contribution is 5.75. The Balaban J connectivity index is 1.51. The maximum Gasteiger partial charge on any atom is 0.303 e. The monoisotopic (exact) mass is 404 g/mol. The van der Waals surface area contributed by atoms with Crippen molar-refractivity contribution in [1.29, 1.82) is 0 Å². The van der Waals surface area contributed by atoms with Crippen LogP contribution in [0.5, 0.6) is 5.75 Å². The molecule has 7 heteroatoms. The van der Waals surface area contributed by atoms with Crippen molar-refractivity contribution < 1.29 is 14.6 Å². The molecule has 4 rings (SSSR count). The minimum atomic E-state index is -0.818. The van der Waals surface area contributed by atoms with E-state index in [1.807, 2.05) is 60.3 Å². The summed E-state index contributed by atoms with van der Waals surface area (Å²) in [5.41, 5.74) is 4.00. The maximum atomic E-state index is 11.0. The van der Waals surface area contributed by atoms with E-state index in [2.05, 4.69) is 20.7 Å². The largest absolute Gasteiger partial charge is 0.491 e. The molecule has 0 radical (unpaired) electrons. The van der Waals surface area contributed by atoms with E-state index in [1.54, 1.807) is 6.20 Å². The van der Waals surface area contributed by atoms with Crippen LogP contribution >= 0.6 is 0 Å². The summed E-state index contributed by atoms with van der Waals surface area (Å²) in [5.74, 6) is 0.850. The van der Waals surface area contributed by atoms with Gasteiger partial charge in [-0.1, -0.05) is 24.3 Å². The van der Waals surface area contributed by atoms with Crippen molar-refractivity contribution in [3.63, 3.8) is 0 Å². The van der Waals surface area contributed by atoms with Crippen LogP contribution in [0.3, 0.4) is 0 Å². The SMILES string of the molecule is Cc1nc2ccccc2n1CCOc1cc(Cn2cccn2)ccc1CCC(=O)O. The molecule has 0 aliphatic heterocycles. The molecule has 0 atom stereocenters. The lowest BCUT2D eigenvalue weighted by atomic mass is 10.1. The van der Waals surface area contributed by atoms with E-state index < -0.39 is 5.97 Å². The number of aromatic nitrogens is 4. The molecule has 2 aromatic carbocycles. The van der Waals surface area contributed by atoms with E-state index in [9.17, 15) is 4.79 Å². The Bertz CT molecular complexity index is 1150. The first kappa shape index (κ1) is 19.7. The van der Waals surface area contributed by atoms with Crippen LogP contribution in [-0.2, 0) is 24.3 Å². The van der Waals surface area contributed by atoms with Gasteiger partial charge in [0.1, 0.15) is 18.2 Å². The quantitative estimate of drug-likeness (QED) is 0.460. The van der Waals surface area contributed by atoms with Gasteiger partial charge in [0, 0.05) is 18.8 Å². The molecule has 1 N–H and O–H groups in total. The summed E-state index contributed by atoms with van der Waals surface area (Å²) < 4.78 is 10.1. The second-order valence-corrected chi connectivity index (χ2v) is 7.19. The third kappa shape index (κ3) is 4.51. The molecule has 7 nitrogen and oxygen atoms in total. The van der Waals surface area contributed by atoms with Crippen LogP contribution in [0.2, 0.25) is 0 Å². The molecular formula is C23H24N4O3. The molecule has 0 saturated carbocycles. The van der Waals surface area contributed by atoms with Crippen molar-refractivity contribution in [2.45, 2.75) is 32.9 Å². The van der Waals surface area contributed by atoms with Gasteiger partial charge in [0.05, 0.1) is 24.1 Å². The summed E-state index contributed by atoms with van der Waals surface area (Å²) in [6.45, 7) is 3.75. The fraction of sp³-hybridized carbons (Fsp3) is 0.261. The van der Waals surface area contributed by atoms with Gasteiger partial charge in [-0.05, 0) is 48.7 Å². The molecule has 2 aromatic heterocycles. The fourth-order valence-corrected chi connectivity index (χ4v) is 3.59. The first-order valence-electron chi connectivity index (χ1n) is 9.96. The number of rotatable bonds is 9. The number of fused-ring (bicyclic) bond motifs is 1. The van der Waals surface area contributed by atoms with Gasteiger partial charge in [-0.15, -0.1) is 0 Å². The molecular weight excluding hydrogens is 380 g/mol. The zero-order valence-electron chi connectivity index (χ0n) is 16.9. The topological polar surface area (TPSA) is 82.2 Å². The average Bonchev–Trinajstić information content (AvgIpc) is 3.35. The number of aryl methyl sites for hydroxylation is 2. The number of hydrogen-bond acceptors (Lipinski definition) is 4. The number of hydrogen-bond donors (Lipinski definition) is 1. The first-order chi connectivity index (χ1) is 14.6. The average molecular weight is 404 g/mol. The van der Waals surface area contributed by atoms with Crippen LogP contribution in [-0.4, -0.2) is 37.0 Å². The summed E-state index contributed by atoms with van der Waals surface area (Å²) in [5, 5.41) is 13.3. The second-order valence-electron chi connectivity index (χ2n) is 7.19. The Hall–Kier alpha value is -3.61. The Morgan fingerprint density at radius 1 is 1.17 bits per heavy atom. The summed E-state index contributed by atoms with van der Waals surface area (Å²) in [4.78, 5) is 15.6. The number of carboxylic acids is 1. The van der Waals surface area contributed by atoms with E-state index in [0.29, 0.717) is 26.1 Å².